The molecule has 1 spiro atoms. The Bertz CT molecular complexity index is 1310. The molecule has 4 heterocycles. The van der Waals surface area contributed by atoms with Crippen LogP contribution in [-0.4, -0.2) is 58.1 Å². The first kappa shape index (κ1) is 24.9. The zero-order valence-electron chi connectivity index (χ0n) is 21.0. The van der Waals surface area contributed by atoms with E-state index in [0.717, 1.165) is 41.9 Å². The van der Waals surface area contributed by atoms with Crippen LogP contribution in [0.3, 0.4) is 0 Å². The standard InChI is InChI=1S/C27H29F2N5O3/c1-16(19-11-20(36-3)14-21(12-19)37-26(28)29)25(35)34-10-7-27(15-34)6-5-18-13-22(17(2)32-23(18)33-27)24-30-8-4-9-31-24/h4,8-9,11-14,16,26H,5-7,10,15H2,1-3H3,(H,32,33)/t16-,27+/m1/s1. The van der Waals surface area contributed by atoms with E-state index in [1.165, 1.54) is 19.2 Å². The first-order chi connectivity index (χ1) is 17.8. The number of pyridine rings is 1. The zero-order valence-corrected chi connectivity index (χ0v) is 21.0. The number of nitrogens with one attached hydrogen (secondary N) is 1. The molecule has 1 N–H and O–H groups in total. The van der Waals surface area contributed by atoms with Gasteiger partial charge in [0, 0.05) is 37.1 Å². The number of hydrogen-bond acceptors (Lipinski definition) is 7. The van der Waals surface area contributed by atoms with Crippen LogP contribution in [0.25, 0.3) is 11.4 Å². The minimum absolute atomic E-state index is 0.0332. The van der Waals surface area contributed by atoms with Crippen molar-refractivity contribution in [2.45, 2.75) is 51.2 Å². The number of rotatable bonds is 6. The Hall–Kier alpha value is -3.82. The average molecular weight is 510 g/mol. The Morgan fingerprint density at radius 2 is 1.89 bits per heavy atom. The maximum absolute atomic E-state index is 13.4. The fraction of sp³-hybridized carbons (Fsp3) is 0.407. The summed E-state index contributed by atoms with van der Waals surface area (Å²) in [6.07, 6.45) is 5.93. The highest BCUT2D eigenvalue weighted by atomic mass is 19.3. The van der Waals surface area contributed by atoms with Crippen molar-refractivity contribution in [3.05, 3.63) is 59.5 Å². The third kappa shape index (κ3) is 5.05. The molecule has 2 aliphatic rings. The number of ether oxygens (including phenoxy) is 2. The zero-order chi connectivity index (χ0) is 26.2. The van der Waals surface area contributed by atoms with Gasteiger partial charge in [-0.1, -0.05) is 0 Å². The van der Waals surface area contributed by atoms with Crippen molar-refractivity contribution in [3.63, 3.8) is 0 Å². The molecule has 0 radical (unpaired) electrons. The van der Waals surface area contributed by atoms with Gasteiger partial charge in [-0.05, 0) is 68.5 Å². The second-order valence-corrected chi connectivity index (χ2v) is 9.66. The van der Waals surface area contributed by atoms with Crippen LogP contribution in [0.1, 0.15) is 42.5 Å². The number of methoxy groups -OCH3 is 1. The molecule has 0 bridgehead atoms. The number of anilines is 1. The molecule has 2 atom stereocenters. The normalized spacial score (nSPS) is 19.5. The molecule has 0 saturated carbocycles. The Kier molecular flexibility index (Phi) is 6.66. The summed E-state index contributed by atoms with van der Waals surface area (Å²) in [6, 6.07) is 8.43. The van der Waals surface area contributed by atoms with E-state index in [0.29, 0.717) is 30.2 Å². The van der Waals surface area contributed by atoms with E-state index < -0.39 is 12.5 Å². The Labute approximate surface area is 214 Å². The highest BCUT2D eigenvalue weighted by Gasteiger charge is 2.43. The third-order valence-corrected chi connectivity index (χ3v) is 7.25. The van der Waals surface area contributed by atoms with Crippen LogP contribution in [0.4, 0.5) is 14.6 Å². The number of fused-ring (bicyclic) bond motifs is 1. The summed E-state index contributed by atoms with van der Waals surface area (Å²) in [5, 5.41) is 3.64. The largest absolute Gasteiger partial charge is 0.497 e. The van der Waals surface area contributed by atoms with Crippen molar-refractivity contribution in [3.8, 4) is 22.9 Å². The minimum atomic E-state index is -2.96. The van der Waals surface area contributed by atoms with Crippen LogP contribution in [0.15, 0.2) is 42.7 Å². The first-order valence-electron chi connectivity index (χ1n) is 12.3. The molecule has 2 aliphatic heterocycles. The quantitative estimate of drug-likeness (QED) is 0.520. The summed E-state index contributed by atoms with van der Waals surface area (Å²) in [5.74, 6) is 1.21. The fourth-order valence-corrected chi connectivity index (χ4v) is 5.21. The van der Waals surface area contributed by atoms with E-state index in [1.54, 1.807) is 31.5 Å². The number of aromatic nitrogens is 3. The van der Waals surface area contributed by atoms with Crippen LogP contribution >= 0.6 is 0 Å². The van der Waals surface area contributed by atoms with Crippen LogP contribution < -0.4 is 14.8 Å². The number of amides is 1. The lowest BCUT2D eigenvalue weighted by Gasteiger charge is -2.36. The summed E-state index contributed by atoms with van der Waals surface area (Å²) in [6.45, 7) is 1.91. The molecule has 0 aliphatic carbocycles. The average Bonchev–Trinajstić information content (AvgIpc) is 3.30. The van der Waals surface area contributed by atoms with E-state index >= 15 is 0 Å². The first-order valence-corrected chi connectivity index (χ1v) is 12.3. The van der Waals surface area contributed by atoms with E-state index in [4.69, 9.17) is 9.72 Å². The van der Waals surface area contributed by atoms with Crippen molar-refractivity contribution in [1.82, 2.24) is 19.9 Å². The van der Waals surface area contributed by atoms with E-state index in [2.05, 4.69) is 26.1 Å². The highest BCUT2D eigenvalue weighted by molar-refractivity contribution is 5.84. The van der Waals surface area contributed by atoms with Gasteiger partial charge in [-0.2, -0.15) is 8.78 Å². The number of likely N-dealkylation sites (tertiary alicyclic amines) is 1. The van der Waals surface area contributed by atoms with E-state index in [9.17, 15) is 13.6 Å². The fourth-order valence-electron chi connectivity index (χ4n) is 5.21. The summed E-state index contributed by atoms with van der Waals surface area (Å²) in [4.78, 5) is 28.8. The molecular weight excluding hydrogens is 480 g/mol. The minimum Gasteiger partial charge on any atom is -0.497 e. The van der Waals surface area contributed by atoms with Crippen molar-refractivity contribution in [1.29, 1.82) is 0 Å². The van der Waals surface area contributed by atoms with Crippen LogP contribution in [0.5, 0.6) is 11.5 Å². The molecule has 8 nitrogen and oxygen atoms in total. The van der Waals surface area contributed by atoms with Crippen LogP contribution in [0, 0.1) is 6.92 Å². The molecule has 5 rings (SSSR count). The van der Waals surface area contributed by atoms with Crippen LogP contribution in [-0.2, 0) is 11.2 Å². The van der Waals surface area contributed by atoms with E-state index in [1.807, 2.05) is 11.8 Å². The molecular formula is C27H29F2N5O3. The predicted molar refractivity (Wildman–Crippen MR) is 134 cm³/mol. The summed E-state index contributed by atoms with van der Waals surface area (Å²) < 4.78 is 35.3. The molecule has 0 unspecified atom stereocenters. The number of aryl methyl sites for hydroxylation is 2. The maximum Gasteiger partial charge on any atom is 0.387 e. The lowest BCUT2D eigenvalue weighted by Crippen LogP contribution is -2.46. The number of nitrogens with zero attached hydrogens (tertiary/aromatic N) is 4. The second kappa shape index (κ2) is 9.91. The van der Waals surface area contributed by atoms with Crippen molar-refractivity contribution >= 4 is 11.7 Å². The van der Waals surface area contributed by atoms with Gasteiger partial charge in [0.05, 0.1) is 24.3 Å². The molecule has 1 aromatic carbocycles. The number of alkyl halides is 2. The van der Waals surface area contributed by atoms with Gasteiger partial charge in [0.1, 0.15) is 17.3 Å². The molecule has 37 heavy (non-hydrogen) atoms. The Balaban J connectivity index is 1.31. The van der Waals surface area contributed by atoms with Gasteiger partial charge in [-0.15, -0.1) is 0 Å². The van der Waals surface area contributed by atoms with Gasteiger partial charge in [-0.25, -0.2) is 15.0 Å². The van der Waals surface area contributed by atoms with Gasteiger partial charge in [-0.3, -0.25) is 4.79 Å². The van der Waals surface area contributed by atoms with Gasteiger partial charge in [0.25, 0.3) is 0 Å². The van der Waals surface area contributed by atoms with Gasteiger partial charge < -0.3 is 19.7 Å². The topological polar surface area (TPSA) is 89.5 Å². The summed E-state index contributed by atoms with van der Waals surface area (Å²) >= 11 is 0. The third-order valence-electron chi connectivity index (χ3n) is 7.25. The summed E-state index contributed by atoms with van der Waals surface area (Å²) in [7, 11) is 1.44. The predicted octanol–water partition coefficient (Wildman–Crippen LogP) is 4.59. The van der Waals surface area contributed by atoms with Crippen LogP contribution in [0.2, 0.25) is 0 Å². The SMILES string of the molecule is COc1cc(OC(F)F)cc([C@@H](C)C(=O)N2CC[C@@]3(CCc4cc(-c5ncccn5)c(C)nc4N3)C2)c1. The molecule has 194 valence electrons. The molecule has 10 heteroatoms. The monoisotopic (exact) mass is 509 g/mol. The Morgan fingerprint density at radius 1 is 1.14 bits per heavy atom. The number of benzene rings is 1. The molecule has 1 fully saturated rings. The maximum atomic E-state index is 13.4. The van der Waals surface area contributed by atoms with Crippen molar-refractivity contribution in [2.24, 2.45) is 0 Å². The van der Waals surface area contributed by atoms with Gasteiger partial charge >= 0.3 is 6.61 Å². The molecule has 1 saturated heterocycles. The van der Waals surface area contributed by atoms with Gasteiger partial charge in [0.2, 0.25) is 5.91 Å². The molecule has 2 aromatic heterocycles. The molecule has 3 aromatic rings. The van der Waals surface area contributed by atoms with Gasteiger partial charge in [0.15, 0.2) is 5.82 Å². The van der Waals surface area contributed by atoms with Crippen molar-refractivity contribution < 1.29 is 23.0 Å². The van der Waals surface area contributed by atoms with E-state index in [-0.39, 0.29) is 17.2 Å². The smallest absolute Gasteiger partial charge is 0.387 e. The number of carbonyl (C=O) groups is 1. The highest BCUT2D eigenvalue weighted by Crippen LogP contribution is 2.39. The number of carbonyl (C=O) groups excluding carboxylic acids is 1. The number of hydrogen-bond donors (Lipinski definition) is 1. The lowest BCUT2D eigenvalue weighted by atomic mass is 9.86. The van der Waals surface area contributed by atoms with Crippen molar-refractivity contribution in [2.75, 3.05) is 25.5 Å². The Morgan fingerprint density at radius 3 is 2.62 bits per heavy atom. The molecule has 1 amide bonds. The second-order valence-electron chi connectivity index (χ2n) is 9.66. The summed E-state index contributed by atoms with van der Waals surface area (Å²) in [5.41, 5.74) is 3.18. The lowest BCUT2D eigenvalue weighted by molar-refractivity contribution is -0.131. The number of halogens is 2.